The van der Waals surface area contributed by atoms with Gasteiger partial charge in [0.25, 0.3) is 0 Å². The minimum atomic E-state index is -0.706. The van der Waals surface area contributed by atoms with Crippen molar-refractivity contribution < 1.29 is 24.2 Å². The van der Waals surface area contributed by atoms with Crippen LogP contribution in [0.5, 0.6) is 0 Å². The van der Waals surface area contributed by atoms with Gasteiger partial charge in [-0.3, -0.25) is 9.69 Å². The van der Waals surface area contributed by atoms with E-state index in [1.165, 1.54) is 14.0 Å². The molecule has 0 aromatic carbocycles. The molecule has 1 rings (SSSR count). The van der Waals surface area contributed by atoms with Crippen molar-refractivity contribution in [1.29, 1.82) is 0 Å². The van der Waals surface area contributed by atoms with Crippen LogP contribution in [-0.4, -0.2) is 73.5 Å². The van der Waals surface area contributed by atoms with Crippen LogP contribution in [0.3, 0.4) is 0 Å². The molecule has 0 aromatic rings. The van der Waals surface area contributed by atoms with E-state index >= 15 is 0 Å². The Morgan fingerprint density at radius 3 is 2.79 bits per heavy atom. The van der Waals surface area contributed by atoms with Crippen LogP contribution >= 0.6 is 0 Å². The van der Waals surface area contributed by atoms with Gasteiger partial charge in [-0.2, -0.15) is 0 Å². The average Bonchev–Trinajstić information content (AvgIpc) is 2.38. The molecule has 19 heavy (non-hydrogen) atoms. The van der Waals surface area contributed by atoms with E-state index in [4.69, 9.17) is 9.84 Å². The zero-order chi connectivity index (χ0) is 14.4. The molecule has 3 unspecified atom stereocenters. The Kier molecular flexibility index (Phi) is 6.20. The molecule has 1 amide bonds. The van der Waals surface area contributed by atoms with Gasteiger partial charge in [0.2, 0.25) is 5.91 Å². The van der Waals surface area contributed by atoms with E-state index < -0.39 is 12.0 Å². The lowest BCUT2D eigenvalue weighted by molar-refractivity contribution is -0.147. The van der Waals surface area contributed by atoms with E-state index in [9.17, 15) is 9.59 Å². The van der Waals surface area contributed by atoms with Crippen molar-refractivity contribution >= 4 is 11.9 Å². The third kappa shape index (κ3) is 4.77. The van der Waals surface area contributed by atoms with Gasteiger partial charge < -0.3 is 19.9 Å². The Labute approximate surface area is 112 Å². The number of methoxy groups -OCH3 is 1. The van der Waals surface area contributed by atoms with Crippen molar-refractivity contribution in [1.82, 2.24) is 10.2 Å². The first-order chi connectivity index (χ1) is 8.97. The normalized spacial score (nSPS) is 25.7. The first kappa shape index (κ1) is 15.9. The van der Waals surface area contributed by atoms with Gasteiger partial charge in [0, 0.05) is 26.1 Å². The number of morpholine rings is 1. The quantitative estimate of drug-likeness (QED) is 0.609. The zero-order valence-electron chi connectivity index (χ0n) is 11.6. The molecule has 110 valence electrons. The molecule has 1 heterocycles. The maximum Gasteiger partial charge on any atom is 0.329 e. The number of hydrogen-bond acceptors (Lipinski definition) is 6. The lowest BCUT2D eigenvalue weighted by atomic mass is 10.1. The first-order valence-electron chi connectivity index (χ1n) is 6.29. The van der Waals surface area contributed by atoms with E-state index in [0.29, 0.717) is 19.7 Å². The fraction of sp³-hybridized carbons (Fsp3) is 0.833. The minimum Gasteiger partial charge on any atom is -0.467 e. The summed E-state index contributed by atoms with van der Waals surface area (Å²) < 4.78 is 10.1. The van der Waals surface area contributed by atoms with E-state index in [1.807, 2.05) is 11.8 Å². The number of aliphatic hydroxyl groups is 1. The van der Waals surface area contributed by atoms with Crippen LogP contribution in [0, 0.1) is 0 Å². The summed E-state index contributed by atoms with van der Waals surface area (Å²) in [4.78, 5) is 24.8. The fourth-order valence-corrected chi connectivity index (χ4v) is 2.04. The number of nitrogens with zero attached hydrogens (tertiary/aromatic N) is 1. The summed E-state index contributed by atoms with van der Waals surface area (Å²) in [6.45, 7) is 4.61. The van der Waals surface area contributed by atoms with Crippen molar-refractivity contribution in [2.45, 2.75) is 32.0 Å². The lowest BCUT2D eigenvalue weighted by Gasteiger charge is -2.38. The topological polar surface area (TPSA) is 88.1 Å². The third-order valence-electron chi connectivity index (χ3n) is 3.12. The molecule has 7 nitrogen and oxygen atoms in total. The van der Waals surface area contributed by atoms with E-state index in [1.54, 1.807) is 0 Å². The molecule has 0 saturated carbocycles. The highest BCUT2D eigenvalue weighted by molar-refractivity contribution is 5.83. The second-order valence-corrected chi connectivity index (χ2v) is 4.72. The molecule has 3 atom stereocenters. The van der Waals surface area contributed by atoms with Gasteiger partial charge >= 0.3 is 5.97 Å². The number of carbonyl (C=O) groups excluding carboxylic acids is 2. The van der Waals surface area contributed by atoms with Crippen LogP contribution in [0.2, 0.25) is 0 Å². The predicted octanol–water partition coefficient (Wildman–Crippen LogP) is -1.25. The second kappa shape index (κ2) is 7.42. The van der Waals surface area contributed by atoms with Crippen molar-refractivity contribution in [2.75, 3.05) is 33.4 Å². The van der Waals surface area contributed by atoms with Crippen LogP contribution in [0.25, 0.3) is 0 Å². The van der Waals surface area contributed by atoms with Crippen LogP contribution in [0.4, 0.5) is 0 Å². The van der Waals surface area contributed by atoms with Crippen molar-refractivity contribution in [3.05, 3.63) is 0 Å². The highest BCUT2D eigenvalue weighted by Gasteiger charge is 2.30. The predicted molar refractivity (Wildman–Crippen MR) is 67.5 cm³/mol. The molecular formula is C12H22N2O5. The Morgan fingerprint density at radius 1 is 1.58 bits per heavy atom. The summed E-state index contributed by atoms with van der Waals surface area (Å²) in [5, 5.41) is 11.7. The summed E-state index contributed by atoms with van der Waals surface area (Å²) in [5.74, 6) is -0.760. The van der Waals surface area contributed by atoms with Crippen molar-refractivity contribution in [2.24, 2.45) is 0 Å². The Bertz CT molecular complexity index is 323. The molecule has 0 radical (unpaired) electrons. The number of hydrogen-bond donors (Lipinski definition) is 2. The standard InChI is InChI=1S/C12H22N2O5/c1-8-7-19-10(6-15)4-14(8)5-11(12(17)18-3)13-9(2)16/h8,10-11,15H,4-7H2,1-3H3,(H,13,16). The van der Waals surface area contributed by atoms with Gasteiger partial charge in [-0.05, 0) is 6.92 Å². The smallest absolute Gasteiger partial charge is 0.329 e. The molecule has 0 aliphatic carbocycles. The summed E-state index contributed by atoms with van der Waals surface area (Å²) in [7, 11) is 1.29. The van der Waals surface area contributed by atoms with Gasteiger partial charge in [-0.1, -0.05) is 0 Å². The molecular weight excluding hydrogens is 252 g/mol. The minimum absolute atomic E-state index is 0.0632. The molecule has 1 aliphatic heterocycles. The van der Waals surface area contributed by atoms with E-state index in [2.05, 4.69) is 10.1 Å². The van der Waals surface area contributed by atoms with Gasteiger partial charge in [0.15, 0.2) is 0 Å². The average molecular weight is 274 g/mol. The summed E-state index contributed by atoms with van der Waals surface area (Å²) >= 11 is 0. The largest absolute Gasteiger partial charge is 0.467 e. The van der Waals surface area contributed by atoms with Crippen LogP contribution in [0.15, 0.2) is 0 Å². The highest BCUT2D eigenvalue weighted by Crippen LogP contribution is 2.12. The van der Waals surface area contributed by atoms with Gasteiger partial charge in [-0.15, -0.1) is 0 Å². The van der Waals surface area contributed by atoms with E-state index in [0.717, 1.165) is 0 Å². The number of esters is 1. The summed E-state index contributed by atoms with van der Waals surface area (Å²) in [6, 6.07) is -0.592. The van der Waals surface area contributed by atoms with E-state index in [-0.39, 0.29) is 24.7 Å². The highest BCUT2D eigenvalue weighted by atomic mass is 16.5. The van der Waals surface area contributed by atoms with Crippen LogP contribution in [-0.2, 0) is 19.1 Å². The maximum atomic E-state index is 11.6. The molecule has 7 heteroatoms. The first-order valence-corrected chi connectivity index (χ1v) is 6.29. The van der Waals surface area contributed by atoms with Crippen molar-refractivity contribution in [3.63, 3.8) is 0 Å². The fourth-order valence-electron chi connectivity index (χ4n) is 2.04. The SMILES string of the molecule is COC(=O)C(CN1CC(CO)OCC1C)NC(C)=O. The Balaban J connectivity index is 2.65. The van der Waals surface area contributed by atoms with Gasteiger partial charge in [-0.25, -0.2) is 4.79 Å². The molecule has 0 spiro atoms. The number of ether oxygens (including phenoxy) is 2. The molecule has 1 fully saturated rings. The molecule has 1 saturated heterocycles. The number of carbonyl (C=O) groups is 2. The number of rotatable bonds is 5. The number of nitrogens with one attached hydrogen (secondary N) is 1. The Morgan fingerprint density at radius 2 is 2.26 bits per heavy atom. The van der Waals surface area contributed by atoms with Crippen LogP contribution < -0.4 is 5.32 Å². The van der Waals surface area contributed by atoms with Gasteiger partial charge in [0.05, 0.1) is 26.4 Å². The van der Waals surface area contributed by atoms with Gasteiger partial charge in [0.1, 0.15) is 6.04 Å². The second-order valence-electron chi connectivity index (χ2n) is 4.72. The number of amides is 1. The lowest BCUT2D eigenvalue weighted by Crippen LogP contribution is -2.56. The number of aliphatic hydroxyl groups excluding tert-OH is 1. The maximum absolute atomic E-state index is 11.6. The molecule has 0 bridgehead atoms. The molecule has 2 N–H and O–H groups in total. The Hall–Kier alpha value is -1.18. The van der Waals surface area contributed by atoms with Crippen LogP contribution in [0.1, 0.15) is 13.8 Å². The summed E-state index contributed by atoms with van der Waals surface area (Å²) in [6.07, 6.45) is -0.258. The van der Waals surface area contributed by atoms with Crippen molar-refractivity contribution in [3.8, 4) is 0 Å². The molecule has 1 aliphatic rings. The molecule has 0 aromatic heterocycles. The monoisotopic (exact) mass is 274 g/mol. The summed E-state index contributed by atoms with van der Waals surface area (Å²) in [5.41, 5.74) is 0. The third-order valence-corrected chi connectivity index (χ3v) is 3.12. The zero-order valence-corrected chi connectivity index (χ0v) is 11.6.